The van der Waals surface area contributed by atoms with Gasteiger partial charge in [-0.1, -0.05) is 51.2 Å². The van der Waals surface area contributed by atoms with E-state index < -0.39 is 27.3 Å². The van der Waals surface area contributed by atoms with Crippen LogP contribution in [0.4, 0.5) is 0 Å². The largest absolute Gasteiger partial charge is 1.00 e. The van der Waals surface area contributed by atoms with Crippen LogP contribution in [-0.2, 0) is 50.5 Å². The number of carboxylic acid groups (broad SMARTS) is 1. The Kier molecular flexibility index (Phi) is 23.4. The summed E-state index contributed by atoms with van der Waals surface area (Å²) < 4.78 is 24.0. The zero-order valence-corrected chi connectivity index (χ0v) is 29.8. The van der Waals surface area contributed by atoms with Gasteiger partial charge in [0, 0.05) is 90.0 Å². The molecule has 4 aromatic rings. The van der Waals surface area contributed by atoms with Crippen LogP contribution in [0, 0.1) is 0 Å². The maximum absolute atomic E-state index is 11.7. The number of aliphatic hydroxyl groups excluding tert-OH is 1. The fourth-order valence-electron chi connectivity index (χ4n) is 4.14. The fourth-order valence-corrected chi connectivity index (χ4v) is 4.14. The summed E-state index contributed by atoms with van der Waals surface area (Å²) >= 11 is 0. The van der Waals surface area contributed by atoms with Gasteiger partial charge in [-0.3, -0.25) is 9.59 Å². The maximum Gasteiger partial charge on any atom is 0.323 e. The van der Waals surface area contributed by atoms with Crippen LogP contribution in [0.5, 0.6) is 0 Å². The number of hydrogen-bond donors (Lipinski definition) is 4. The molecule has 0 aliphatic rings. The summed E-state index contributed by atoms with van der Waals surface area (Å²) in [5.41, 5.74) is 15.7. The van der Waals surface area contributed by atoms with Crippen molar-refractivity contribution in [1.82, 2.24) is 9.13 Å². The van der Waals surface area contributed by atoms with Crippen molar-refractivity contribution in [2.24, 2.45) is 25.6 Å². The first-order valence-electron chi connectivity index (χ1n) is 14.5. The van der Waals surface area contributed by atoms with Crippen LogP contribution in [0.3, 0.4) is 0 Å². The van der Waals surface area contributed by atoms with Gasteiger partial charge >= 0.3 is 11.9 Å². The molecule has 4 rings (SSSR count). The van der Waals surface area contributed by atoms with Gasteiger partial charge in [-0.05, 0) is 51.0 Å². The predicted octanol–water partition coefficient (Wildman–Crippen LogP) is 6.37. The number of ether oxygens (including phenoxy) is 1. The molecule has 0 unspecified atom stereocenters. The van der Waals surface area contributed by atoms with Crippen LogP contribution in [0.25, 0.3) is 21.8 Å². The first-order chi connectivity index (χ1) is 21.0. The number of aromatic nitrogens is 2. The summed E-state index contributed by atoms with van der Waals surface area (Å²) in [6, 6.07) is 14.5. The van der Waals surface area contributed by atoms with Crippen molar-refractivity contribution in [1.29, 1.82) is 0 Å². The number of para-hydroxylation sites is 2. The van der Waals surface area contributed by atoms with E-state index in [4.69, 9.17) is 32.0 Å². The van der Waals surface area contributed by atoms with Crippen LogP contribution < -0.4 is 11.5 Å². The van der Waals surface area contributed by atoms with E-state index in [1.165, 1.54) is 7.40 Å². The van der Waals surface area contributed by atoms with Crippen LogP contribution in [0.2, 0.25) is 0 Å². The molecule has 46 heavy (non-hydrogen) atoms. The fraction of sp³-hybridized carbons (Fsp3) is 0.438. The van der Waals surface area contributed by atoms with Crippen molar-refractivity contribution in [2.75, 3.05) is 0 Å². The number of aryl methyl sites for hydroxylation is 2. The molecule has 10 nitrogen and oxygen atoms in total. The molecule has 0 bridgehead atoms. The van der Waals surface area contributed by atoms with Gasteiger partial charge in [-0.15, -0.1) is 12.4 Å². The molecule has 0 amide bonds. The van der Waals surface area contributed by atoms with Crippen molar-refractivity contribution in [3.05, 3.63) is 72.1 Å². The van der Waals surface area contributed by atoms with Crippen molar-refractivity contribution in [2.45, 2.75) is 79.7 Å². The Morgan fingerprint density at radius 1 is 0.891 bits per heavy atom. The standard InChI is InChI=1S/C15H20N2O2.C12H14N2O2.C3H8O.2CH4.Cl2OS.ClH.H/c1-10(2)19-15(18)13(16)8-11-9-17(3)14-7-5-4-6-12(11)14;1-14-7-8(6-10(13)12(15)16)9-4-2-3-5-11(9)14;1-3(2)4;;;1-4(2)3;;/h4-7,9-10,13H,8,16H2,1-3H3;2-5,7,10H,6,13H2,1H3,(H,15,16);3-4H,1-2H3;2*1H4;;1H;/q;;;;;;;-1/t13-;10-;;;;;;/m11....../s1/i;;;1T;;;;1+1. The van der Waals surface area contributed by atoms with Crippen molar-refractivity contribution in [3.8, 4) is 0 Å². The number of carbonyl (C=O) groups excluding carboxylic acids is 1. The lowest BCUT2D eigenvalue weighted by atomic mass is 10.1. The lowest BCUT2D eigenvalue weighted by Crippen LogP contribution is -2.35. The second-order valence-electron chi connectivity index (χ2n) is 10.3. The Balaban J connectivity index is -0.000000303. The van der Waals surface area contributed by atoms with Crippen molar-refractivity contribution < 1.29 is 31.5 Å². The van der Waals surface area contributed by atoms with Gasteiger partial charge in [0.2, 0.25) is 9.23 Å². The van der Waals surface area contributed by atoms with Crippen molar-refractivity contribution in [3.63, 3.8) is 0 Å². The molecule has 0 radical (unpaired) electrons. The number of fused-ring (bicyclic) bond motifs is 2. The normalized spacial score (nSPS) is 11.5. The molecule has 0 saturated carbocycles. The molecular weight excluding hydrogens is 675 g/mol. The van der Waals surface area contributed by atoms with Gasteiger partial charge in [-0.25, -0.2) is 4.21 Å². The first kappa shape index (κ1) is 45.5. The maximum atomic E-state index is 11.7. The SMILES string of the molecule is C.CC(C)O.CC(C)OC(=O)[C@H](N)Cc1cn(C)c2ccccc12.Cl.Cn1cc(C[C@@H](N)C(=O)O)c2ccccc21.O=S(Cl)Cl.[2H-].[3H]C. The lowest BCUT2D eigenvalue weighted by Gasteiger charge is -2.13. The summed E-state index contributed by atoms with van der Waals surface area (Å²) in [4.78, 5) is 22.5. The first-order valence-corrected chi connectivity index (χ1v) is 16.3. The van der Waals surface area contributed by atoms with Gasteiger partial charge in [0.15, 0.2) is 0 Å². The molecular formula is C32H52Cl3N4O6S-. The molecule has 0 fully saturated rings. The summed E-state index contributed by atoms with van der Waals surface area (Å²) in [5, 5.41) is 19.1. The Morgan fingerprint density at radius 2 is 1.22 bits per heavy atom. The Morgan fingerprint density at radius 3 is 1.54 bits per heavy atom. The average molecular weight is 730 g/mol. The molecule has 0 saturated heterocycles. The Bertz CT molecular complexity index is 1500. The Hall–Kier alpha value is -2.64. The molecule has 0 aliphatic carbocycles. The third-order valence-electron chi connectivity index (χ3n) is 5.81. The molecule has 264 valence electrons. The highest BCUT2D eigenvalue weighted by molar-refractivity contribution is 8.26. The number of nitrogens with two attached hydrogens (primary N) is 2. The minimum absolute atomic E-state index is 0. The van der Waals surface area contributed by atoms with E-state index in [2.05, 4.69) is 27.4 Å². The van der Waals surface area contributed by atoms with Crippen LogP contribution >= 0.6 is 33.8 Å². The number of carbonyl (C=O) groups is 2. The zero-order chi connectivity index (χ0) is 34.9. The molecule has 0 aliphatic heterocycles. The van der Waals surface area contributed by atoms with Crippen LogP contribution in [-0.4, -0.2) is 59.8 Å². The topological polar surface area (TPSA) is 163 Å². The van der Waals surface area contributed by atoms with Gasteiger partial charge < -0.3 is 37.0 Å². The number of halogens is 3. The van der Waals surface area contributed by atoms with Gasteiger partial charge in [-0.2, -0.15) is 0 Å². The van der Waals surface area contributed by atoms with Crippen LogP contribution in [0.1, 0.15) is 56.4 Å². The summed E-state index contributed by atoms with van der Waals surface area (Å²) in [6.45, 7) is 7.09. The smallest absolute Gasteiger partial charge is 0.323 e. The van der Waals surface area contributed by atoms with Gasteiger partial charge in [0.1, 0.15) is 12.1 Å². The Labute approximate surface area is 293 Å². The van der Waals surface area contributed by atoms with E-state index in [-0.39, 0.29) is 39.4 Å². The van der Waals surface area contributed by atoms with Gasteiger partial charge in [0.25, 0.3) is 0 Å². The second-order valence-corrected chi connectivity index (χ2v) is 12.8. The minimum Gasteiger partial charge on any atom is -1.00 e. The molecule has 0 spiro atoms. The van der Waals surface area contributed by atoms with E-state index in [1.807, 2.05) is 91.9 Å². The van der Waals surface area contributed by atoms with Crippen molar-refractivity contribution >= 4 is 76.7 Å². The minimum atomic E-state index is -1.67. The zero-order valence-electron chi connectivity index (χ0n) is 28.6. The van der Waals surface area contributed by atoms with E-state index in [9.17, 15) is 9.59 Å². The quantitative estimate of drug-likeness (QED) is 0.126. The molecule has 2 aromatic carbocycles. The number of nitrogens with zero attached hydrogens (tertiary/aromatic N) is 2. The van der Waals surface area contributed by atoms with Gasteiger partial charge in [0.05, 0.1) is 6.10 Å². The molecule has 14 heteroatoms. The third kappa shape index (κ3) is 16.8. The summed E-state index contributed by atoms with van der Waals surface area (Å²) in [6.07, 6.45) is 4.51. The number of aliphatic hydroxyl groups is 1. The highest BCUT2D eigenvalue weighted by atomic mass is 36.0. The van der Waals surface area contributed by atoms with E-state index in [0.29, 0.717) is 12.8 Å². The molecule has 6 N–H and O–H groups in total. The molecule has 2 atom stereocenters. The van der Waals surface area contributed by atoms with E-state index in [1.54, 1.807) is 13.8 Å². The number of esters is 1. The average Bonchev–Trinajstić information content (AvgIpc) is 3.45. The van der Waals surface area contributed by atoms with Crippen LogP contribution in [0.15, 0.2) is 60.9 Å². The highest BCUT2D eigenvalue weighted by Gasteiger charge is 2.19. The number of carboxylic acids is 1. The summed E-state index contributed by atoms with van der Waals surface area (Å²) in [5.74, 6) is -1.31. The predicted molar refractivity (Wildman–Crippen MR) is 197 cm³/mol. The monoisotopic (exact) mass is 728 g/mol. The molecule has 2 heterocycles. The lowest BCUT2D eigenvalue weighted by molar-refractivity contribution is -0.149. The van der Waals surface area contributed by atoms with E-state index in [0.717, 1.165) is 32.9 Å². The highest BCUT2D eigenvalue weighted by Crippen LogP contribution is 2.22. The number of benzene rings is 2. The number of hydrogen-bond acceptors (Lipinski definition) is 7. The second kappa shape index (κ2) is 23.6. The molecule has 2 aromatic heterocycles. The third-order valence-corrected chi connectivity index (χ3v) is 5.81. The summed E-state index contributed by atoms with van der Waals surface area (Å²) in [7, 11) is 12.5. The number of rotatable bonds is 7. The van der Waals surface area contributed by atoms with E-state index >= 15 is 0 Å². The number of aliphatic carboxylic acids is 1.